The van der Waals surface area contributed by atoms with Crippen LogP contribution in [0.4, 0.5) is 5.69 Å². The van der Waals surface area contributed by atoms with Gasteiger partial charge in [0.2, 0.25) is 15.9 Å². The Morgan fingerprint density at radius 2 is 2.09 bits per heavy atom. The minimum absolute atomic E-state index is 0.125. The van der Waals surface area contributed by atoms with E-state index in [0.717, 1.165) is 34.0 Å². The van der Waals surface area contributed by atoms with E-state index in [1.807, 2.05) is 0 Å². The summed E-state index contributed by atoms with van der Waals surface area (Å²) in [4.78, 5) is 32.3. The normalized spacial score (nSPS) is 16.3. The van der Waals surface area contributed by atoms with E-state index in [4.69, 9.17) is 0 Å². The number of nitrogens with one attached hydrogen (secondary N) is 1. The van der Waals surface area contributed by atoms with Gasteiger partial charge in [-0.2, -0.15) is 0 Å². The van der Waals surface area contributed by atoms with Gasteiger partial charge in [0.05, 0.1) is 16.6 Å². The van der Waals surface area contributed by atoms with E-state index >= 15 is 0 Å². The maximum atomic E-state index is 13.1. The van der Waals surface area contributed by atoms with Gasteiger partial charge in [0.15, 0.2) is 0 Å². The number of sulfonamides is 1. The monoisotopic (exact) mass is 474 g/mol. The van der Waals surface area contributed by atoms with Crippen molar-refractivity contribution in [3.63, 3.8) is 0 Å². The summed E-state index contributed by atoms with van der Waals surface area (Å²) < 4.78 is 27.5. The SMILES string of the molecule is Cc1ccc(NC(=O)Cn2cnc3sc4c(c3c2=O)CCC(C)C4)cc1S(=O)(=O)N(C)C. The highest BCUT2D eigenvalue weighted by atomic mass is 32.2. The van der Waals surface area contributed by atoms with Gasteiger partial charge in [-0.15, -0.1) is 11.3 Å². The minimum atomic E-state index is -3.64. The van der Waals surface area contributed by atoms with E-state index in [0.29, 0.717) is 22.6 Å². The molecular weight excluding hydrogens is 448 g/mol. The zero-order chi connectivity index (χ0) is 23.2. The summed E-state index contributed by atoms with van der Waals surface area (Å²) in [5.41, 5.74) is 1.80. The van der Waals surface area contributed by atoms with E-state index < -0.39 is 15.9 Å². The lowest BCUT2D eigenvalue weighted by atomic mass is 9.89. The van der Waals surface area contributed by atoms with Gasteiger partial charge >= 0.3 is 0 Å². The zero-order valence-corrected chi connectivity index (χ0v) is 20.1. The molecule has 1 atom stereocenters. The van der Waals surface area contributed by atoms with Crippen LogP contribution >= 0.6 is 11.3 Å². The van der Waals surface area contributed by atoms with Gasteiger partial charge in [-0.05, 0) is 55.4 Å². The van der Waals surface area contributed by atoms with Gasteiger partial charge in [-0.1, -0.05) is 13.0 Å². The number of carbonyl (C=O) groups excluding carboxylic acids is 1. The predicted molar refractivity (Wildman–Crippen MR) is 126 cm³/mol. The summed E-state index contributed by atoms with van der Waals surface area (Å²) in [7, 11) is -0.729. The van der Waals surface area contributed by atoms with Gasteiger partial charge < -0.3 is 5.32 Å². The Kier molecular flexibility index (Phi) is 5.95. The van der Waals surface area contributed by atoms with E-state index in [1.54, 1.807) is 30.4 Å². The molecule has 0 bridgehead atoms. The van der Waals surface area contributed by atoms with Crippen LogP contribution in [0, 0.1) is 12.8 Å². The fourth-order valence-corrected chi connectivity index (χ4v) is 6.47. The number of rotatable bonds is 5. The van der Waals surface area contributed by atoms with Gasteiger partial charge in [-0.25, -0.2) is 17.7 Å². The average molecular weight is 475 g/mol. The van der Waals surface area contributed by atoms with E-state index in [9.17, 15) is 18.0 Å². The Morgan fingerprint density at radius 3 is 2.81 bits per heavy atom. The maximum Gasteiger partial charge on any atom is 0.262 e. The molecule has 32 heavy (non-hydrogen) atoms. The molecule has 2 aromatic heterocycles. The van der Waals surface area contributed by atoms with Crippen molar-refractivity contribution in [3.05, 3.63) is 50.9 Å². The Morgan fingerprint density at radius 1 is 1.34 bits per heavy atom. The number of aromatic nitrogens is 2. The number of benzene rings is 1. The summed E-state index contributed by atoms with van der Waals surface area (Å²) in [6.07, 6.45) is 4.27. The number of carbonyl (C=O) groups is 1. The van der Waals surface area contributed by atoms with Crippen LogP contribution in [0.3, 0.4) is 0 Å². The second kappa shape index (κ2) is 8.42. The molecule has 1 aromatic carbocycles. The van der Waals surface area contributed by atoms with Gasteiger partial charge in [-0.3, -0.25) is 14.2 Å². The number of nitrogens with zero attached hydrogens (tertiary/aromatic N) is 3. The van der Waals surface area contributed by atoms with Crippen LogP contribution in [0.1, 0.15) is 29.3 Å². The van der Waals surface area contributed by atoms with Crippen LogP contribution in [0.25, 0.3) is 10.2 Å². The first-order chi connectivity index (χ1) is 15.1. The molecule has 2 heterocycles. The first-order valence-corrected chi connectivity index (χ1v) is 12.7. The number of fused-ring (bicyclic) bond motifs is 3. The lowest BCUT2D eigenvalue weighted by Gasteiger charge is -2.17. The molecule has 8 nitrogen and oxygen atoms in total. The number of anilines is 1. The highest BCUT2D eigenvalue weighted by molar-refractivity contribution is 7.89. The van der Waals surface area contributed by atoms with E-state index in [2.05, 4.69) is 17.2 Å². The molecule has 0 spiro atoms. The Hall–Kier alpha value is -2.56. The number of amides is 1. The summed E-state index contributed by atoms with van der Waals surface area (Å²) in [5.74, 6) is 0.169. The molecule has 0 saturated heterocycles. The van der Waals surface area contributed by atoms with Crippen molar-refractivity contribution in [2.24, 2.45) is 5.92 Å². The zero-order valence-electron chi connectivity index (χ0n) is 18.5. The fourth-order valence-electron chi connectivity index (χ4n) is 3.99. The molecule has 0 aliphatic heterocycles. The van der Waals surface area contributed by atoms with Crippen molar-refractivity contribution in [1.29, 1.82) is 0 Å². The van der Waals surface area contributed by atoms with Crippen molar-refractivity contribution < 1.29 is 13.2 Å². The van der Waals surface area contributed by atoms with Crippen LogP contribution in [-0.4, -0.2) is 42.3 Å². The Labute approximate surface area is 190 Å². The van der Waals surface area contributed by atoms with Crippen molar-refractivity contribution >= 4 is 43.2 Å². The summed E-state index contributed by atoms with van der Waals surface area (Å²) in [6, 6.07) is 4.72. The minimum Gasteiger partial charge on any atom is -0.324 e. The number of hydrogen-bond acceptors (Lipinski definition) is 6. The van der Waals surface area contributed by atoms with Crippen LogP contribution in [0.2, 0.25) is 0 Å². The van der Waals surface area contributed by atoms with Crippen LogP contribution < -0.4 is 10.9 Å². The van der Waals surface area contributed by atoms with E-state index in [1.165, 1.54) is 35.9 Å². The number of hydrogen-bond donors (Lipinski definition) is 1. The molecule has 1 aliphatic rings. The molecule has 4 rings (SSSR count). The van der Waals surface area contributed by atoms with Crippen molar-refractivity contribution in [2.45, 2.75) is 44.6 Å². The molecule has 1 amide bonds. The topological polar surface area (TPSA) is 101 Å². The molecule has 1 unspecified atom stereocenters. The lowest BCUT2D eigenvalue weighted by molar-refractivity contribution is -0.116. The second-order valence-electron chi connectivity index (χ2n) is 8.53. The molecule has 3 aromatic rings. The Bertz CT molecular complexity index is 1370. The quantitative estimate of drug-likeness (QED) is 0.613. The van der Waals surface area contributed by atoms with Crippen molar-refractivity contribution in [1.82, 2.24) is 13.9 Å². The third-order valence-electron chi connectivity index (χ3n) is 5.83. The highest BCUT2D eigenvalue weighted by Gasteiger charge is 2.24. The fraction of sp³-hybridized carbons (Fsp3) is 0.409. The number of thiophene rings is 1. The summed E-state index contributed by atoms with van der Waals surface area (Å²) >= 11 is 1.57. The average Bonchev–Trinajstić information content (AvgIpc) is 3.09. The van der Waals surface area contributed by atoms with Crippen LogP contribution in [-0.2, 0) is 34.2 Å². The first kappa shape index (κ1) is 22.6. The molecule has 0 fully saturated rings. The molecule has 1 aliphatic carbocycles. The molecule has 0 saturated carbocycles. The van der Waals surface area contributed by atoms with E-state index in [-0.39, 0.29) is 17.0 Å². The summed E-state index contributed by atoms with van der Waals surface area (Å²) in [6.45, 7) is 3.71. The lowest BCUT2D eigenvalue weighted by Crippen LogP contribution is -2.28. The Balaban J connectivity index is 1.59. The van der Waals surface area contributed by atoms with Crippen molar-refractivity contribution in [2.75, 3.05) is 19.4 Å². The van der Waals surface area contributed by atoms with Gasteiger partial charge in [0.25, 0.3) is 5.56 Å². The standard InChI is InChI=1S/C22H26N4O4S2/c1-13-5-8-16-17(9-13)31-21-20(16)22(28)26(12-23-21)11-19(27)24-15-7-6-14(2)18(10-15)32(29,30)25(3)4/h6-7,10,12-13H,5,8-9,11H2,1-4H3,(H,24,27). The third kappa shape index (κ3) is 4.10. The molecule has 1 N–H and O–H groups in total. The molecular formula is C22H26N4O4S2. The third-order valence-corrected chi connectivity index (χ3v) is 8.95. The maximum absolute atomic E-state index is 13.1. The summed E-state index contributed by atoms with van der Waals surface area (Å²) in [5, 5.41) is 3.33. The smallest absolute Gasteiger partial charge is 0.262 e. The highest BCUT2D eigenvalue weighted by Crippen LogP contribution is 2.35. The predicted octanol–water partition coefficient (Wildman–Crippen LogP) is 2.78. The number of aryl methyl sites for hydroxylation is 2. The second-order valence-corrected chi connectivity index (χ2v) is 11.7. The van der Waals surface area contributed by atoms with Crippen LogP contribution in [0.5, 0.6) is 0 Å². The molecule has 0 radical (unpaired) electrons. The molecule has 170 valence electrons. The van der Waals surface area contributed by atoms with Gasteiger partial charge in [0, 0.05) is 24.7 Å². The first-order valence-electron chi connectivity index (χ1n) is 10.4. The van der Waals surface area contributed by atoms with Gasteiger partial charge in [0.1, 0.15) is 11.4 Å². The van der Waals surface area contributed by atoms with Crippen molar-refractivity contribution in [3.8, 4) is 0 Å². The molecule has 10 heteroatoms. The largest absolute Gasteiger partial charge is 0.324 e. The van der Waals surface area contributed by atoms with Crippen LogP contribution in [0.15, 0.2) is 34.2 Å².